The molecule has 1 atom stereocenters. The normalized spacial score (nSPS) is 21.2. The Labute approximate surface area is 172 Å². The first-order chi connectivity index (χ1) is 13.8. The predicted molar refractivity (Wildman–Crippen MR) is 106 cm³/mol. The molecule has 2 aromatic rings. The van der Waals surface area contributed by atoms with Gasteiger partial charge >= 0.3 is 6.03 Å². The summed E-state index contributed by atoms with van der Waals surface area (Å²) in [5.74, 6) is -1.61. The van der Waals surface area contributed by atoms with E-state index >= 15 is 0 Å². The molecule has 0 radical (unpaired) electrons. The fourth-order valence-electron chi connectivity index (χ4n) is 3.92. The number of nitrogens with zero attached hydrogens (tertiary/aromatic N) is 2. The van der Waals surface area contributed by atoms with Gasteiger partial charge in [0, 0.05) is 11.6 Å². The lowest BCUT2D eigenvalue weighted by Gasteiger charge is -2.31. The summed E-state index contributed by atoms with van der Waals surface area (Å²) in [6, 6.07) is 10.8. The zero-order chi connectivity index (χ0) is 20.8. The van der Waals surface area contributed by atoms with Gasteiger partial charge in [-0.3, -0.25) is 14.5 Å². The smallest absolute Gasteiger partial charge is 0.319 e. The standard InChI is InChI=1S/C21H19ClFN3O3/c1-21(13-6-3-2-4-7-13)19(28)26(20(29)24-21)12-17(27)25-11-5-8-14-15(22)9-10-16(23)18(14)25/h2-4,6-7,9-10H,5,8,11-12H2,1H3,(H,24,29). The molecule has 1 saturated heterocycles. The van der Waals surface area contributed by atoms with Gasteiger partial charge < -0.3 is 10.2 Å². The minimum atomic E-state index is -1.26. The van der Waals surface area contributed by atoms with Gasteiger partial charge in [0.1, 0.15) is 17.9 Å². The molecule has 0 bridgehead atoms. The molecular formula is C21H19ClFN3O3. The maximum absolute atomic E-state index is 14.5. The number of imide groups is 1. The molecule has 8 heteroatoms. The number of rotatable bonds is 3. The molecule has 1 fully saturated rings. The van der Waals surface area contributed by atoms with Crippen molar-refractivity contribution in [3.05, 3.63) is 64.4 Å². The SMILES string of the molecule is CC1(c2ccccc2)NC(=O)N(CC(=O)N2CCCc3c(Cl)ccc(F)c32)C1=O. The largest absolute Gasteiger partial charge is 0.325 e. The lowest BCUT2D eigenvalue weighted by Crippen LogP contribution is -2.46. The molecule has 0 aliphatic carbocycles. The Hall–Kier alpha value is -2.93. The van der Waals surface area contributed by atoms with Crippen molar-refractivity contribution in [2.24, 2.45) is 0 Å². The number of urea groups is 1. The van der Waals surface area contributed by atoms with Crippen LogP contribution in [0.2, 0.25) is 5.02 Å². The zero-order valence-electron chi connectivity index (χ0n) is 15.7. The molecule has 0 aromatic heterocycles. The van der Waals surface area contributed by atoms with Crippen molar-refractivity contribution in [3.63, 3.8) is 0 Å². The number of hydrogen-bond donors (Lipinski definition) is 1. The molecule has 0 spiro atoms. The summed E-state index contributed by atoms with van der Waals surface area (Å²) in [4.78, 5) is 40.6. The molecule has 4 amide bonds. The molecule has 2 aromatic carbocycles. The quantitative estimate of drug-likeness (QED) is 0.782. The van der Waals surface area contributed by atoms with E-state index in [1.807, 2.05) is 6.07 Å². The summed E-state index contributed by atoms with van der Waals surface area (Å²) in [6.45, 7) is 1.42. The van der Waals surface area contributed by atoms with E-state index < -0.39 is 35.7 Å². The highest BCUT2D eigenvalue weighted by Gasteiger charge is 2.49. The van der Waals surface area contributed by atoms with E-state index in [0.29, 0.717) is 35.5 Å². The number of benzene rings is 2. The number of anilines is 1. The number of fused-ring (bicyclic) bond motifs is 1. The van der Waals surface area contributed by atoms with Crippen LogP contribution in [0.4, 0.5) is 14.9 Å². The van der Waals surface area contributed by atoms with Crippen molar-refractivity contribution in [1.29, 1.82) is 0 Å². The number of hydrogen-bond acceptors (Lipinski definition) is 3. The third-order valence-electron chi connectivity index (χ3n) is 5.48. The van der Waals surface area contributed by atoms with E-state index in [-0.39, 0.29) is 5.69 Å². The highest BCUT2D eigenvalue weighted by Crippen LogP contribution is 2.35. The first-order valence-electron chi connectivity index (χ1n) is 9.30. The van der Waals surface area contributed by atoms with Gasteiger partial charge in [-0.15, -0.1) is 0 Å². The average molecular weight is 416 g/mol. The van der Waals surface area contributed by atoms with Crippen LogP contribution < -0.4 is 10.2 Å². The molecular weight excluding hydrogens is 397 g/mol. The van der Waals surface area contributed by atoms with Crippen LogP contribution in [0.25, 0.3) is 0 Å². The van der Waals surface area contributed by atoms with Crippen molar-refractivity contribution >= 4 is 35.1 Å². The van der Waals surface area contributed by atoms with E-state index in [4.69, 9.17) is 11.6 Å². The average Bonchev–Trinajstić information content (AvgIpc) is 2.95. The Morgan fingerprint density at radius 1 is 1.21 bits per heavy atom. The third kappa shape index (κ3) is 3.15. The van der Waals surface area contributed by atoms with Crippen LogP contribution >= 0.6 is 11.6 Å². The lowest BCUT2D eigenvalue weighted by atomic mass is 9.92. The summed E-state index contributed by atoms with van der Waals surface area (Å²) < 4.78 is 14.5. The Kier molecular flexibility index (Phi) is 4.78. The van der Waals surface area contributed by atoms with Gasteiger partial charge in [-0.25, -0.2) is 9.18 Å². The van der Waals surface area contributed by atoms with Gasteiger partial charge in [0.2, 0.25) is 5.91 Å². The van der Waals surface area contributed by atoms with E-state index in [0.717, 1.165) is 4.90 Å². The second-order valence-electron chi connectivity index (χ2n) is 7.32. The third-order valence-corrected chi connectivity index (χ3v) is 5.83. The van der Waals surface area contributed by atoms with E-state index in [1.54, 1.807) is 31.2 Å². The lowest BCUT2D eigenvalue weighted by molar-refractivity contribution is -0.134. The molecule has 0 saturated carbocycles. The molecule has 4 rings (SSSR count). The van der Waals surface area contributed by atoms with Crippen molar-refractivity contribution in [2.45, 2.75) is 25.3 Å². The van der Waals surface area contributed by atoms with Crippen LogP contribution in [0.1, 0.15) is 24.5 Å². The number of carbonyl (C=O) groups is 3. The van der Waals surface area contributed by atoms with E-state index in [1.165, 1.54) is 17.0 Å². The number of amides is 4. The minimum Gasteiger partial charge on any atom is -0.319 e. The monoisotopic (exact) mass is 415 g/mol. The molecule has 150 valence electrons. The van der Waals surface area contributed by atoms with E-state index in [2.05, 4.69) is 5.32 Å². The first-order valence-corrected chi connectivity index (χ1v) is 9.67. The highest BCUT2D eigenvalue weighted by molar-refractivity contribution is 6.32. The molecule has 2 heterocycles. The van der Waals surface area contributed by atoms with Crippen LogP contribution in [0.15, 0.2) is 42.5 Å². The van der Waals surface area contributed by atoms with Crippen molar-refractivity contribution in [1.82, 2.24) is 10.2 Å². The van der Waals surface area contributed by atoms with Crippen molar-refractivity contribution < 1.29 is 18.8 Å². The van der Waals surface area contributed by atoms with Gasteiger partial charge in [-0.2, -0.15) is 0 Å². The second kappa shape index (κ2) is 7.15. The van der Waals surface area contributed by atoms with Gasteiger partial charge in [0.15, 0.2) is 0 Å². The van der Waals surface area contributed by atoms with Crippen molar-refractivity contribution in [3.8, 4) is 0 Å². The molecule has 1 N–H and O–H groups in total. The molecule has 29 heavy (non-hydrogen) atoms. The summed E-state index contributed by atoms with van der Waals surface area (Å²) in [7, 11) is 0. The summed E-state index contributed by atoms with van der Waals surface area (Å²) in [6.07, 6.45) is 1.18. The Bertz CT molecular complexity index is 1010. The summed E-state index contributed by atoms with van der Waals surface area (Å²) in [5, 5.41) is 3.06. The molecule has 2 aliphatic rings. The summed E-state index contributed by atoms with van der Waals surface area (Å²) >= 11 is 6.17. The van der Waals surface area contributed by atoms with Crippen molar-refractivity contribution in [2.75, 3.05) is 18.0 Å². The van der Waals surface area contributed by atoms with Crippen LogP contribution in [0, 0.1) is 5.82 Å². The zero-order valence-corrected chi connectivity index (χ0v) is 16.5. The number of halogens is 2. The first kappa shape index (κ1) is 19.4. The minimum absolute atomic E-state index is 0.131. The maximum Gasteiger partial charge on any atom is 0.325 e. The Balaban J connectivity index is 1.60. The van der Waals surface area contributed by atoms with Crippen LogP contribution in [0.5, 0.6) is 0 Å². The Morgan fingerprint density at radius 2 is 1.93 bits per heavy atom. The van der Waals surface area contributed by atoms with Crippen LogP contribution in [-0.2, 0) is 21.5 Å². The van der Waals surface area contributed by atoms with Crippen LogP contribution in [0.3, 0.4) is 0 Å². The fourth-order valence-corrected chi connectivity index (χ4v) is 4.16. The summed E-state index contributed by atoms with van der Waals surface area (Å²) in [5.41, 5.74) is 0.0612. The number of nitrogens with one attached hydrogen (secondary N) is 1. The van der Waals surface area contributed by atoms with Crippen LogP contribution in [-0.4, -0.2) is 35.8 Å². The fraction of sp³-hybridized carbons (Fsp3) is 0.286. The van der Waals surface area contributed by atoms with Gasteiger partial charge in [-0.1, -0.05) is 41.9 Å². The maximum atomic E-state index is 14.5. The number of carbonyl (C=O) groups excluding carboxylic acids is 3. The highest BCUT2D eigenvalue weighted by atomic mass is 35.5. The van der Waals surface area contributed by atoms with Gasteiger partial charge in [0.25, 0.3) is 5.91 Å². The van der Waals surface area contributed by atoms with Gasteiger partial charge in [0.05, 0.1) is 5.69 Å². The Morgan fingerprint density at radius 3 is 2.66 bits per heavy atom. The van der Waals surface area contributed by atoms with Gasteiger partial charge in [-0.05, 0) is 43.0 Å². The topological polar surface area (TPSA) is 69.7 Å². The second-order valence-corrected chi connectivity index (χ2v) is 7.72. The van der Waals surface area contributed by atoms with E-state index in [9.17, 15) is 18.8 Å². The molecule has 6 nitrogen and oxygen atoms in total. The molecule has 1 unspecified atom stereocenters. The molecule has 2 aliphatic heterocycles. The predicted octanol–water partition coefficient (Wildman–Crippen LogP) is 3.23.